The molecule has 2 aromatic heterocycles. The minimum absolute atomic E-state index is 0.284. The largest absolute Gasteiger partial charge is 0.373 e. The summed E-state index contributed by atoms with van der Waals surface area (Å²) in [4.78, 5) is 32.0. The third-order valence-corrected chi connectivity index (χ3v) is 4.88. The van der Waals surface area contributed by atoms with Crippen LogP contribution in [-0.2, 0) is 6.54 Å². The van der Waals surface area contributed by atoms with Gasteiger partial charge >= 0.3 is 11.4 Å². The molecule has 1 unspecified atom stereocenters. The van der Waals surface area contributed by atoms with Gasteiger partial charge in [-0.1, -0.05) is 36.4 Å². The average Bonchev–Trinajstić information content (AvgIpc) is 2.72. The summed E-state index contributed by atoms with van der Waals surface area (Å²) in [5, 5.41) is 12.3. The molecular weight excluding hydrogens is 356 g/mol. The molecule has 2 heterocycles. The van der Waals surface area contributed by atoms with Gasteiger partial charge < -0.3 is 5.11 Å². The van der Waals surface area contributed by atoms with Gasteiger partial charge in [0.25, 0.3) is 0 Å². The van der Waals surface area contributed by atoms with Crippen LogP contribution in [0.5, 0.6) is 0 Å². The molecule has 4 aromatic rings. The van der Waals surface area contributed by atoms with Gasteiger partial charge in [-0.15, -0.1) is 0 Å². The van der Waals surface area contributed by atoms with Crippen LogP contribution in [0.3, 0.4) is 0 Å². The number of unbranched alkanes of at least 4 members (excludes halogenated alkanes) is 1. The maximum absolute atomic E-state index is 12.2. The lowest BCUT2D eigenvalue weighted by atomic mass is 10.2. The Hall–Kier alpha value is -3.32. The maximum atomic E-state index is 12.2. The number of rotatable bonds is 6. The first-order valence-electron chi connectivity index (χ1n) is 9.24. The molecule has 0 aliphatic carbocycles. The van der Waals surface area contributed by atoms with Gasteiger partial charge in [-0.2, -0.15) is 0 Å². The maximum Gasteiger partial charge on any atom is 0.350 e. The highest BCUT2D eigenvalue weighted by molar-refractivity contribution is 5.78. The molecule has 0 spiro atoms. The first-order chi connectivity index (χ1) is 13.6. The molecule has 7 heteroatoms. The van der Waals surface area contributed by atoms with Crippen molar-refractivity contribution in [3.63, 3.8) is 0 Å². The van der Waals surface area contributed by atoms with Crippen molar-refractivity contribution in [3.8, 4) is 0 Å². The van der Waals surface area contributed by atoms with Crippen LogP contribution in [0, 0.1) is 0 Å². The molecule has 0 fully saturated rings. The molecular formula is C21H20N4O3. The summed E-state index contributed by atoms with van der Waals surface area (Å²) in [6.45, 7) is 0.503. The SMILES string of the molecule is O=c1ncc2ccccc2n1CCCCC(O)n1c(=O)ncc2ccccc21. The highest BCUT2D eigenvalue weighted by atomic mass is 16.3. The molecule has 2 aromatic carbocycles. The fraction of sp³-hybridized carbons (Fsp3) is 0.238. The molecule has 1 N–H and O–H groups in total. The van der Waals surface area contributed by atoms with Gasteiger partial charge in [-0.05, 0) is 31.4 Å². The van der Waals surface area contributed by atoms with Crippen molar-refractivity contribution in [2.45, 2.75) is 32.0 Å². The van der Waals surface area contributed by atoms with Gasteiger partial charge in [-0.3, -0.25) is 9.13 Å². The summed E-state index contributed by atoms with van der Waals surface area (Å²) in [6, 6.07) is 14.9. The lowest BCUT2D eigenvalue weighted by molar-refractivity contribution is 0.0908. The summed E-state index contributed by atoms with van der Waals surface area (Å²) in [5.74, 6) is 0. The minimum atomic E-state index is -0.964. The number of benzene rings is 2. The minimum Gasteiger partial charge on any atom is -0.373 e. The van der Waals surface area contributed by atoms with Crippen molar-refractivity contribution in [3.05, 3.63) is 81.9 Å². The highest BCUT2D eigenvalue weighted by Crippen LogP contribution is 2.18. The van der Waals surface area contributed by atoms with E-state index in [2.05, 4.69) is 9.97 Å². The van der Waals surface area contributed by atoms with Crippen LogP contribution in [0.2, 0.25) is 0 Å². The predicted molar refractivity (Wildman–Crippen MR) is 107 cm³/mol. The lowest BCUT2D eigenvalue weighted by Gasteiger charge is -2.16. The van der Waals surface area contributed by atoms with E-state index in [4.69, 9.17) is 0 Å². The second-order valence-corrected chi connectivity index (χ2v) is 6.70. The van der Waals surface area contributed by atoms with E-state index < -0.39 is 11.9 Å². The van der Waals surface area contributed by atoms with Crippen molar-refractivity contribution in [2.24, 2.45) is 0 Å². The van der Waals surface area contributed by atoms with Crippen LogP contribution in [0.4, 0.5) is 0 Å². The quantitative estimate of drug-likeness (QED) is 0.522. The zero-order valence-electron chi connectivity index (χ0n) is 15.2. The Morgan fingerprint density at radius 3 is 2.18 bits per heavy atom. The summed E-state index contributed by atoms with van der Waals surface area (Å²) in [7, 11) is 0. The first kappa shape index (κ1) is 18.1. The number of aliphatic hydroxyl groups is 1. The molecule has 7 nitrogen and oxygen atoms in total. The third-order valence-electron chi connectivity index (χ3n) is 4.88. The zero-order valence-corrected chi connectivity index (χ0v) is 15.2. The average molecular weight is 376 g/mol. The molecule has 28 heavy (non-hydrogen) atoms. The Bertz CT molecular complexity index is 1250. The van der Waals surface area contributed by atoms with E-state index in [1.54, 1.807) is 16.8 Å². The zero-order chi connectivity index (χ0) is 19.5. The highest BCUT2D eigenvalue weighted by Gasteiger charge is 2.13. The second kappa shape index (κ2) is 7.74. The molecule has 142 valence electrons. The Labute approximate surface area is 160 Å². The van der Waals surface area contributed by atoms with Crippen molar-refractivity contribution < 1.29 is 5.11 Å². The van der Waals surface area contributed by atoms with Crippen LogP contribution < -0.4 is 11.4 Å². The molecule has 0 aliphatic heterocycles. The van der Waals surface area contributed by atoms with Crippen molar-refractivity contribution in [1.82, 2.24) is 19.1 Å². The lowest BCUT2D eigenvalue weighted by Crippen LogP contribution is -2.27. The Morgan fingerprint density at radius 2 is 1.43 bits per heavy atom. The van der Waals surface area contributed by atoms with Gasteiger partial charge in [0.15, 0.2) is 0 Å². The topological polar surface area (TPSA) is 90.0 Å². The standard InChI is InChI=1S/C21H20N4O3/c26-19(25-18-10-4-2-8-16(18)14-23-21(25)28)11-5-6-12-24-17-9-3-1-7-15(17)13-22-20(24)27/h1-4,7-10,13-14,19,26H,5-6,11-12H2. The molecule has 4 rings (SSSR count). The van der Waals surface area contributed by atoms with Gasteiger partial charge in [-0.25, -0.2) is 19.6 Å². The molecule has 0 amide bonds. The number of aryl methyl sites for hydroxylation is 1. The summed E-state index contributed by atoms with van der Waals surface area (Å²) in [5.41, 5.74) is 0.747. The Morgan fingerprint density at radius 1 is 0.821 bits per heavy atom. The number of hydrogen-bond acceptors (Lipinski definition) is 5. The van der Waals surface area contributed by atoms with Gasteiger partial charge in [0.1, 0.15) is 6.23 Å². The fourth-order valence-corrected chi connectivity index (χ4v) is 3.48. The van der Waals surface area contributed by atoms with Crippen molar-refractivity contribution >= 4 is 21.8 Å². The molecule has 0 aliphatic rings. The Balaban J connectivity index is 1.47. The van der Waals surface area contributed by atoms with Crippen LogP contribution in [0.15, 0.2) is 70.5 Å². The van der Waals surface area contributed by atoms with E-state index in [9.17, 15) is 14.7 Å². The number of aromatic nitrogens is 4. The van der Waals surface area contributed by atoms with E-state index in [0.29, 0.717) is 31.3 Å². The van der Waals surface area contributed by atoms with Crippen LogP contribution in [-0.4, -0.2) is 24.2 Å². The summed E-state index contributed by atoms with van der Waals surface area (Å²) in [6.07, 6.45) is 3.85. The monoisotopic (exact) mass is 376 g/mol. The normalized spacial score (nSPS) is 12.5. The Kier molecular flexibility index (Phi) is 4.99. The number of nitrogens with zero attached hydrogens (tertiary/aromatic N) is 4. The predicted octanol–water partition coefficient (Wildman–Crippen LogP) is 2.47. The molecule has 0 radical (unpaired) electrons. The molecule has 0 saturated carbocycles. The van der Waals surface area contributed by atoms with Crippen LogP contribution in [0.1, 0.15) is 25.5 Å². The third kappa shape index (κ3) is 3.44. The number of aliphatic hydroxyl groups excluding tert-OH is 1. The van der Waals surface area contributed by atoms with E-state index >= 15 is 0 Å². The molecule has 0 saturated heterocycles. The van der Waals surface area contributed by atoms with Gasteiger partial charge in [0, 0.05) is 29.7 Å². The summed E-state index contributed by atoms with van der Waals surface area (Å²) >= 11 is 0. The second-order valence-electron chi connectivity index (χ2n) is 6.70. The van der Waals surface area contributed by atoms with Gasteiger partial charge in [0.2, 0.25) is 0 Å². The van der Waals surface area contributed by atoms with E-state index in [-0.39, 0.29) is 5.69 Å². The van der Waals surface area contributed by atoms with Crippen LogP contribution in [0.25, 0.3) is 21.8 Å². The number of para-hydroxylation sites is 2. The van der Waals surface area contributed by atoms with Crippen LogP contribution >= 0.6 is 0 Å². The van der Waals surface area contributed by atoms with E-state index in [1.165, 1.54) is 10.8 Å². The number of hydrogen-bond donors (Lipinski definition) is 1. The smallest absolute Gasteiger partial charge is 0.350 e. The van der Waals surface area contributed by atoms with Gasteiger partial charge in [0.05, 0.1) is 11.0 Å². The summed E-state index contributed by atoms with van der Waals surface area (Å²) < 4.78 is 2.97. The van der Waals surface area contributed by atoms with E-state index in [1.807, 2.05) is 42.5 Å². The van der Waals surface area contributed by atoms with Crippen molar-refractivity contribution in [2.75, 3.05) is 0 Å². The molecule has 0 bridgehead atoms. The van der Waals surface area contributed by atoms with Crippen molar-refractivity contribution in [1.29, 1.82) is 0 Å². The molecule has 1 atom stereocenters. The first-order valence-corrected chi connectivity index (χ1v) is 9.24. The fourth-order valence-electron chi connectivity index (χ4n) is 3.48. The van der Waals surface area contributed by atoms with E-state index in [0.717, 1.165) is 16.3 Å². The number of fused-ring (bicyclic) bond motifs is 2.